The molecule has 38 heavy (non-hydrogen) atoms. The number of anilines is 1. The molecule has 1 fully saturated rings. The molecule has 0 aliphatic heterocycles. The van der Waals surface area contributed by atoms with Crippen LogP contribution in [0, 0.1) is 17.2 Å². The van der Waals surface area contributed by atoms with Crippen LogP contribution in [0.3, 0.4) is 0 Å². The number of pyridine rings is 1. The van der Waals surface area contributed by atoms with Gasteiger partial charge in [-0.1, -0.05) is 26.7 Å². The number of nitrogens with one attached hydrogen (secondary N) is 1. The zero-order valence-corrected chi connectivity index (χ0v) is 22.6. The second-order valence-corrected chi connectivity index (χ2v) is 10.1. The summed E-state index contributed by atoms with van der Waals surface area (Å²) in [5.74, 6) is -2.84. The first-order valence-electron chi connectivity index (χ1n) is 13.2. The van der Waals surface area contributed by atoms with Crippen LogP contribution in [0.15, 0.2) is 42.7 Å². The van der Waals surface area contributed by atoms with Gasteiger partial charge in [0.1, 0.15) is 11.5 Å². The summed E-state index contributed by atoms with van der Waals surface area (Å²) in [4.78, 5) is 27.2. The zero-order chi connectivity index (χ0) is 27.9. The number of nitrogens with zero attached hydrogens (tertiary/aromatic N) is 3. The maximum Gasteiger partial charge on any atom is 0.274 e. The van der Waals surface area contributed by atoms with E-state index in [0.29, 0.717) is 17.9 Å². The van der Waals surface area contributed by atoms with E-state index in [1.165, 1.54) is 30.1 Å². The second-order valence-electron chi connectivity index (χ2n) is 10.1. The molecule has 1 unspecified atom stereocenters. The number of amides is 1. The van der Waals surface area contributed by atoms with E-state index in [0.717, 1.165) is 36.9 Å². The third kappa shape index (κ3) is 7.25. The van der Waals surface area contributed by atoms with E-state index in [9.17, 15) is 18.4 Å². The highest BCUT2D eigenvalue weighted by Gasteiger charge is 2.41. The molecule has 1 N–H and O–H groups in total. The fourth-order valence-corrected chi connectivity index (χ4v) is 5.09. The van der Waals surface area contributed by atoms with Crippen molar-refractivity contribution < 1.29 is 18.4 Å². The molecule has 202 valence electrons. The Morgan fingerprint density at radius 1 is 1.21 bits per heavy atom. The molecule has 6 nitrogen and oxygen atoms in total. The molecule has 1 aromatic carbocycles. The van der Waals surface area contributed by atoms with Gasteiger partial charge in [-0.25, -0.2) is 8.78 Å². The highest BCUT2D eigenvalue weighted by Crippen LogP contribution is 2.39. The van der Waals surface area contributed by atoms with E-state index < -0.39 is 5.92 Å². The Labute approximate surface area is 223 Å². The average Bonchev–Trinajstić information content (AvgIpc) is 3.43. The number of carbonyl (C=O) groups excluding carboxylic acids is 2. The van der Waals surface area contributed by atoms with Crippen LogP contribution in [0.25, 0.3) is 10.9 Å². The van der Waals surface area contributed by atoms with Gasteiger partial charge in [-0.2, -0.15) is 5.26 Å². The maximum atomic E-state index is 12.6. The summed E-state index contributed by atoms with van der Waals surface area (Å²) in [5.41, 5.74) is 3.91. The lowest BCUT2D eigenvalue weighted by atomic mass is 9.90. The summed E-state index contributed by atoms with van der Waals surface area (Å²) >= 11 is 0. The number of halogens is 2. The number of hydrogen-bond acceptors (Lipinski definition) is 4. The van der Waals surface area contributed by atoms with Crippen molar-refractivity contribution in [1.29, 1.82) is 5.26 Å². The maximum absolute atomic E-state index is 12.6. The molecule has 0 radical (unpaired) electrons. The Balaban J connectivity index is 0.000000336. The fourth-order valence-electron chi connectivity index (χ4n) is 5.09. The summed E-state index contributed by atoms with van der Waals surface area (Å²) < 4.78 is 27.0. The summed E-state index contributed by atoms with van der Waals surface area (Å²) in [7, 11) is 2.07. The first-order valence-corrected chi connectivity index (χ1v) is 13.2. The third-order valence-corrected chi connectivity index (χ3v) is 7.09. The molecular formula is C30H36F2N4O2. The molecule has 1 amide bonds. The summed E-state index contributed by atoms with van der Waals surface area (Å²) in [5, 5.41) is 13.1. The molecule has 0 spiro atoms. The summed E-state index contributed by atoms with van der Waals surface area (Å²) in [6.45, 7) is 5.83. The second kappa shape index (κ2) is 12.8. The van der Waals surface area contributed by atoms with Crippen molar-refractivity contribution >= 4 is 28.3 Å². The lowest BCUT2D eigenvalue weighted by molar-refractivity contribution is -0.121. The number of rotatable bonds is 8. The van der Waals surface area contributed by atoms with Gasteiger partial charge in [-0.05, 0) is 68.0 Å². The highest BCUT2D eigenvalue weighted by atomic mass is 19.3. The molecule has 0 bridgehead atoms. The minimum absolute atomic E-state index is 0.0998. The Kier molecular flexibility index (Phi) is 9.73. The van der Waals surface area contributed by atoms with Crippen LogP contribution in [0.4, 0.5) is 14.5 Å². The van der Waals surface area contributed by atoms with E-state index >= 15 is 0 Å². The number of ketones is 1. The molecule has 8 heteroatoms. The van der Waals surface area contributed by atoms with E-state index in [1.54, 1.807) is 6.07 Å². The summed E-state index contributed by atoms with van der Waals surface area (Å²) in [6, 6.07) is 11.1. The number of hydrogen-bond donors (Lipinski definition) is 1. The van der Waals surface area contributed by atoms with Gasteiger partial charge in [-0.3, -0.25) is 14.6 Å². The van der Waals surface area contributed by atoms with Gasteiger partial charge in [0.25, 0.3) is 5.91 Å². The summed E-state index contributed by atoms with van der Waals surface area (Å²) in [6.07, 6.45) is 8.35. The molecule has 0 saturated heterocycles. The number of alkyl halides is 2. The van der Waals surface area contributed by atoms with Crippen LogP contribution in [-0.2, 0) is 11.8 Å². The minimum Gasteiger partial charge on any atom is -0.350 e. The number of nitriles is 1. The number of aromatic nitrogens is 2. The Hall–Kier alpha value is -3.60. The van der Waals surface area contributed by atoms with Crippen molar-refractivity contribution in [2.45, 2.75) is 77.6 Å². The number of benzene rings is 1. The topological polar surface area (TPSA) is 87.8 Å². The standard InChI is InChI=1S/C23H26N4O.C7H10F2O/c1-4-6-17(7-5-2)20-15-27(3)22-9-8-18(13-19(20)22)26-23(28)21-12-16(14-24)10-11-25-21;1-5(10)6-2-3-7(8,9)4-6/h8-13,15,17H,4-7H2,1-3H3,(H,26,28);6H,2-4H2,1H3. The quantitative estimate of drug-likeness (QED) is 0.334. The van der Waals surface area contributed by atoms with Gasteiger partial charge in [0.05, 0.1) is 11.6 Å². The first kappa shape index (κ1) is 29.0. The van der Waals surface area contributed by atoms with Crippen molar-refractivity contribution in [1.82, 2.24) is 9.55 Å². The van der Waals surface area contributed by atoms with Crippen molar-refractivity contribution in [2.24, 2.45) is 13.0 Å². The van der Waals surface area contributed by atoms with E-state index in [4.69, 9.17) is 5.26 Å². The highest BCUT2D eigenvalue weighted by molar-refractivity contribution is 6.04. The molecule has 3 aromatic rings. The predicted octanol–water partition coefficient (Wildman–Crippen LogP) is 7.39. The van der Waals surface area contributed by atoms with Crippen LogP contribution in [0.5, 0.6) is 0 Å². The Morgan fingerprint density at radius 2 is 1.92 bits per heavy atom. The van der Waals surface area contributed by atoms with E-state index in [2.05, 4.69) is 48.0 Å². The molecule has 1 saturated carbocycles. The van der Waals surface area contributed by atoms with Gasteiger partial charge in [0, 0.05) is 54.8 Å². The zero-order valence-electron chi connectivity index (χ0n) is 22.6. The molecule has 1 aliphatic rings. The molecule has 2 aromatic heterocycles. The van der Waals surface area contributed by atoms with Gasteiger partial charge in [0.2, 0.25) is 5.92 Å². The molecule has 4 rings (SSSR count). The Bertz CT molecular complexity index is 1320. The van der Waals surface area contributed by atoms with Crippen LogP contribution < -0.4 is 5.32 Å². The molecule has 1 aliphatic carbocycles. The van der Waals surface area contributed by atoms with Gasteiger partial charge >= 0.3 is 0 Å². The van der Waals surface area contributed by atoms with Crippen LogP contribution in [0.1, 0.15) is 93.3 Å². The number of Topliss-reactive ketones (excluding diaryl/α,β-unsaturated/α-hetero) is 1. The van der Waals surface area contributed by atoms with Gasteiger partial charge < -0.3 is 9.88 Å². The van der Waals surface area contributed by atoms with Gasteiger partial charge in [-0.15, -0.1) is 0 Å². The average molecular weight is 523 g/mol. The van der Waals surface area contributed by atoms with Crippen molar-refractivity contribution in [3.63, 3.8) is 0 Å². The first-order chi connectivity index (χ1) is 18.1. The van der Waals surface area contributed by atoms with Gasteiger partial charge in [0.15, 0.2) is 0 Å². The van der Waals surface area contributed by atoms with Crippen molar-refractivity contribution in [2.75, 3.05) is 5.32 Å². The van der Waals surface area contributed by atoms with E-state index in [1.807, 2.05) is 18.2 Å². The molecular weight excluding hydrogens is 486 g/mol. The predicted molar refractivity (Wildman–Crippen MR) is 145 cm³/mol. The third-order valence-electron chi connectivity index (χ3n) is 7.09. The molecule has 2 heterocycles. The SMILES string of the molecule is CC(=O)C1CCC(F)(F)C1.CCCC(CCC)c1cn(C)c2ccc(NC(=O)c3cc(C#N)ccn3)cc12. The van der Waals surface area contributed by atoms with Crippen LogP contribution in [0.2, 0.25) is 0 Å². The number of carbonyl (C=O) groups is 2. The fraction of sp³-hybridized carbons (Fsp3) is 0.467. The smallest absolute Gasteiger partial charge is 0.274 e. The Morgan fingerprint density at radius 3 is 2.47 bits per heavy atom. The number of aryl methyl sites for hydroxylation is 1. The largest absolute Gasteiger partial charge is 0.350 e. The van der Waals surface area contributed by atoms with E-state index in [-0.39, 0.29) is 36.1 Å². The normalized spacial score (nSPS) is 16.1. The molecule has 1 atom stereocenters. The van der Waals surface area contributed by atoms with Crippen molar-refractivity contribution in [3.05, 3.63) is 59.5 Å². The number of fused-ring (bicyclic) bond motifs is 1. The monoisotopic (exact) mass is 522 g/mol. The van der Waals surface area contributed by atoms with Crippen molar-refractivity contribution in [3.8, 4) is 6.07 Å². The van der Waals surface area contributed by atoms with Crippen LogP contribution in [-0.4, -0.2) is 27.2 Å². The van der Waals surface area contributed by atoms with Crippen LogP contribution >= 0.6 is 0 Å². The lowest BCUT2D eigenvalue weighted by Gasteiger charge is -2.15. The lowest BCUT2D eigenvalue weighted by Crippen LogP contribution is -2.13. The minimum atomic E-state index is -2.57.